The molecule has 0 saturated heterocycles. The standard InChI is InChI=1S/C20H22N2Si.C13H11B/c1-3-17(2)23-20(22-15-14-21-16-22,18-10-6-4-7-11-18)19-12-8-5-9-13-19;14-13(11-7-3-1-4-8-11)12-9-5-2-6-10-12/h3-17H,1,23H2,2H3;1-10,13H. The third-order valence-electron chi connectivity index (χ3n) is 6.79. The van der Waals surface area contributed by atoms with Crippen LogP contribution < -0.4 is 0 Å². The molecular weight excluding hydrogens is 463 g/mol. The number of imidazole rings is 1. The molecule has 2 radical (unpaired) electrons. The van der Waals surface area contributed by atoms with Crippen molar-refractivity contribution >= 4 is 17.4 Å². The van der Waals surface area contributed by atoms with Gasteiger partial charge >= 0.3 is 0 Å². The highest BCUT2D eigenvalue weighted by Crippen LogP contribution is 2.36. The largest absolute Gasteiger partial charge is 0.327 e. The Morgan fingerprint density at radius 2 is 1.19 bits per heavy atom. The fourth-order valence-corrected chi connectivity index (χ4v) is 7.22. The number of allylic oxidation sites excluding steroid dienone is 1. The van der Waals surface area contributed by atoms with Gasteiger partial charge in [0.2, 0.25) is 0 Å². The number of benzene rings is 4. The smallest absolute Gasteiger partial charge is 0.0953 e. The second kappa shape index (κ2) is 12.9. The zero-order chi connectivity index (χ0) is 25.9. The topological polar surface area (TPSA) is 17.8 Å². The first-order valence-electron chi connectivity index (χ1n) is 12.7. The third-order valence-corrected chi connectivity index (χ3v) is 9.53. The van der Waals surface area contributed by atoms with Crippen molar-refractivity contribution in [2.75, 3.05) is 0 Å². The molecular formula is C33H33BN2Si. The molecule has 4 aromatic carbocycles. The first-order chi connectivity index (χ1) is 18.1. The van der Waals surface area contributed by atoms with Gasteiger partial charge in [-0.15, -0.1) is 6.58 Å². The van der Waals surface area contributed by atoms with Crippen LogP contribution in [0, 0.1) is 0 Å². The van der Waals surface area contributed by atoms with Gasteiger partial charge in [0.1, 0.15) is 0 Å². The Morgan fingerprint density at radius 1 is 0.757 bits per heavy atom. The first-order valence-corrected chi connectivity index (χ1v) is 14.2. The number of hydrogen-bond donors (Lipinski definition) is 0. The molecule has 0 aliphatic carbocycles. The fourth-order valence-electron chi connectivity index (χ4n) is 4.78. The Labute approximate surface area is 225 Å². The molecule has 0 aliphatic heterocycles. The van der Waals surface area contributed by atoms with Crippen LogP contribution in [0.3, 0.4) is 0 Å². The van der Waals surface area contributed by atoms with Crippen LogP contribution in [0.2, 0.25) is 5.54 Å². The van der Waals surface area contributed by atoms with Crippen molar-refractivity contribution in [2.24, 2.45) is 0 Å². The molecule has 4 heteroatoms. The summed E-state index contributed by atoms with van der Waals surface area (Å²) in [7, 11) is 5.50. The van der Waals surface area contributed by atoms with Crippen LogP contribution in [0.4, 0.5) is 0 Å². The Kier molecular flexibility index (Phi) is 9.12. The summed E-state index contributed by atoms with van der Waals surface area (Å²) in [5.74, 6) is -0.0163. The van der Waals surface area contributed by atoms with Crippen molar-refractivity contribution in [3.63, 3.8) is 0 Å². The Hall–Kier alpha value is -3.89. The van der Waals surface area contributed by atoms with Gasteiger partial charge in [0.25, 0.3) is 0 Å². The normalized spacial score (nSPS) is 12.2. The lowest BCUT2D eigenvalue weighted by Gasteiger charge is -2.38. The van der Waals surface area contributed by atoms with Crippen LogP contribution in [0.5, 0.6) is 0 Å². The van der Waals surface area contributed by atoms with Crippen LogP contribution >= 0.6 is 0 Å². The molecule has 0 spiro atoms. The van der Waals surface area contributed by atoms with Gasteiger partial charge in [0.15, 0.2) is 0 Å². The lowest BCUT2D eigenvalue weighted by atomic mass is 9.76. The summed E-state index contributed by atoms with van der Waals surface area (Å²) in [6, 6.07) is 41.8. The number of rotatable bonds is 8. The van der Waals surface area contributed by atoms with Gasteiger partial charge in [-0.2, -0.15) is 0 Å². The summed E-state index contributed by atoms with van der Waals surface area (Å²) in [6.07, 6.45) is 7.99. The van der Waals surface area contributed by atoms with E-state index in [4.69, 9.17) is 7.85 Å². The van der Waals surface area contributed by atoms with E-state index in [1.165, 1.54) is 11.1 Å². The van der Waals surface area contributed by atoms with Crippen LogP contribution in [-0.4, -0.2) is 26.9 Å². The lowest BCUT2D eigenvalue weighted by Crippen LogP contribution is -2.42. The molecule has 1 unspecified atom stereocenters. The lowest BCUT2D eigenvalue weighted by molar-refractivity contribution is 0.588. The molecule has 0 bridgehead atoms. The second-order valence-corrected chi connectivity index (χ2v) is 12.0. The van der Waals surface area contributed by atoms with E-state index in [1.54, 1.807) is 0 Å². The summed E-state index contributed by atoms with van der Waals surface area (Å²) in [5.41, 5.74) is 5.46. The molecule has 1 aromatic heterocycles. The predicted molar refractivity (Wildman–Crippen MR) is 160 cm³/mol. The van der Waals surface area contributed by atoms with Crippen LogP contribution in [0.1, 0.15) is 35.0 Å². The van der Waals surface area contributed by atoms with Gasteiger partial charge in [-0.1, -0.05) is 134 Å². The molecule has 0 saturated carbocycles. The summed E-state index contributed by atoms with van der Waals surface area (Å²) < 4.78 is 2.28. The second-order valence-electron chi connectivity index (χ2n) is 9.28. The molecule has 0 amide bonds. The van der Waals surface area contributed by atoms with Gasteiger partial charge in [0.05, 0.1) is 28.9 Å². The van der Waals surface area contributed by atoms with Crippen molar-refractivity contribution in [3.8, 4) is 0 Å². The highest BCUT2D eigenvalue weighted by Gasteiger charge is 2.37. The minimum Gasteiger partial charge on any atom is -0.327 e. The van der Waals surface area contributed by atoms with E-state index in [9.17, 15) is 0 Å². The zero-order valence-electron chi connectivity index (χ0n) is 21.4. The van der Waals surface area contributed by atoms with E-state index >= 15 is 0 Å². The molecule has 182 valence electrons. The average Bonchev–Trinajstić information content (AvgIpc) is 3.53. The van der Waals surface area contributed by atoms with Crippen molar-refractivity contribution in [1.82, 2.24) is 9.55 Å². The van der Waals surface area contributed by atoms with Gasteiger partial charge in [-0.05, 0) is 33.6 Å². The van der Waals surface area contributed by atoms with Gasteiger partial charge in [-0.3, -0.25) is 0 Å². The Balaban J connectivity index is 0.000000195. The van der Waals surface area contributed by atoms with E-state index in [2.05, 4.69) is 120 Å². The summed E-state index contributed by atoms with van der Waals surface area (Å²) >= 11 is 0. The number of nitrogens with zero attached hydrogens (tertiary/aromatic N) is 2. The van der Waals surface area contributed by atoms with Crippen molar-refractivity contribution < 1.29 is 0 Å². The zero-order valence-corrected chi connectivity index (χ0v) is 22.8. The van der Waals surface area contributed by atoms with E-state index < -0.39 is 9.52 Å². The Bertz CT molecular complexity index is 1250. The summed E-state index contributed by atoms with van der Waals surface area (Å²) in [5, 5.41) is -0.146. The maximum atomic E-state index is 6.12. The number of aromatic nitrogens is 2. The quantitative estimate of drug-likeness (QED) is 0.172. The average molecular weight is 497 g/mol. The number of hydrogen-bond acceptors (Lipinski definition) is 1. The predicted octanol–water partition coefficient (Wildman–Crippen LogP) is 6.74. The summed E-state index contributed by atoms with van der Waals surface area (Å²) in [6.45, 7) is 6.30. The highest BCUT2D eigenvalue weighted by molar-refractivity contribution is 6.44. The molecule has 0 aliphatic rings. The SMILES string of the molecule is C=CC(C)[SiH2]C(c1ccccc1)(c1ccccc1)n1ccnc1.[B]C(c1ccccc1)c1ccccc1. The molecule has 1 heterocycles. The monoisotopic (exact) mass is 496 g/mol. The maximum Gasteiger partial charge on any atom is 0.0953 e. The van der Waals surface area contributed by atoms with Crippen molar-refractivity contribution in [3.05, 3.63) is 175 Å². The van der Waals surface area contributed by atoms with Crippen LogP contribution in [-0.2, 0) is 5.16 Å². The molecule has 1 atom stereocenters. The first kappa shape index (κ1) is 26.2. The highest BCUT2D eigenvalue weighted by atomic mass is 28.2. The van der Waals surface area contributed by atoms with E-state index in [1.807, 2.05) is 48.9 Å². The van der Waals surface area contributed by atoms with E-state index in [0.717, 1.165) is 11.1 Å². The van der Waals surface area contributed by atoms with Gasteiger partial charge in [0, 0.05) is 12.4 Å². The van der Waals surface area contributed by atoms with Gasteiger partial charge in [-0.25, -0.2) is 4.98 Å². The molecule has 0 N–H and O–H groups in total. The van der Waals surface area contributed by atoms with E-state index in [0.29, 0.717) is 5.54 Å². The molecule has 2 nitrogen and oxygen atoms in total. The fraction of sp³-hybridized carbons (Fsp3) is 0.121. The van der Waals surface area contributed by atoms with Gasteiger partial charge < -0.3 is 4.57 Å². The molecule has 5 rings (SSSR count). The minimum atomic E-state index is -0.618. The van der Waals surface area contributed by atoms with Crippen LogP contribution in [0.25, 0.3) is 0 Å². The summed E-state index contributed by atoms with van der Waals surface area (Å²) in [4.78, 5) is 4.33. The Morgan fingerprint density at radius 3 is 1.57 bits per heavy atom. The molecule has 5 aromatic rings. The molecule has 0 fully saturated rings. The molecule has 37 heavy (non-hydrogen) atoms. The maximum absolute atomic E-state index is 6.12. The van der Waals surface area contributed by atoms with Crippen LogP contribution in [0.15, 0.2) is 153 Å². The minimum absolute atomic E-state index is 0.0163. The van der Waals surface area contributed by atoms with Crippen molar-refractivity contribution in [2.45, 2.75) is 23.4 Å². The van der Waals surface area contributed by atoms with E-state index in [-0.39, 0.29) is 11.0 Å². The third kappa shape index (κ3) is 6.28. The van der Waals surface area contributed by atoms with Crippen molar-refractivity contribution in [1.29, 1.82) is 0 Å².